The lowest BCUT2D eigenvalue weighted by Gasteiger charge is -2.29. The number of nitrogens with zero attached hydrogens (tertiary/aromatic N) is 4. The number of thiazole rings is 1. The maximum absolute atomic E-state index is 13.6. The molecule has 3 aromatic rings. The van der Waals surface area contributed by atoms with Gasteiger partial charge in [0, 0.05) is 44.6 Å². The first-order chi connectivity index (χ1) is 16.5. The summed E-state index contributed by atoms with van der Waals surface area (Å²) in [4.78, 5) is 47.8. The van der Waals surface area contributed by atoms with Gasteiger partial charge in [-0.05, 0) is 42.8 Å². The number of para-hydroxylation sites is 1. The lowest BCUT2D eigenvalue weighted by Crippen LogP contribution is -2.43. The summed E-state index contributed by atoms with van der Waals surface area (Å²) in [5.74, 6) is -0.572. The van der Waals surface area contributed by atoms with Gasteiger partial charge in [0.25, 0.3) is 5.91 Å². The van der Waals surface area contributed by atoms with E-state index in [2.05, 4.69) is 4.90 Å². The Balaban J connectivity index is 1.42. The molecule has 0 bridgehead atoms. The summed E-state index contributed by atoms with van der Waals surface area (Å²) in [6, 6.07) is 12.7. The fourth-order valence-corrected chi connectivity index (χ4v) is 5.38. The number of morpholine rings is 1. The molecule has 2 aromatic carbocycles. The minimum atomic E-state index is -0.207. The van der Waals surface area contributed by atoms with Crippen molar-refractivity contribution in [3.05, 3.63) is 53.6 Å². The highest BCUT2D eigenvalue weighted by Gasteiger charge is 2.30. The van der Waals surface area contributed by atoms with E-state index in [1.807, 2.05) is 25.1 Å². The zero-order chi connectivity index (χ0) is 23.7. The summed E-state index contributed by atoms with van der Waals surface area (Å²) < 4.78 is 6.49. The van der Waals surface area contributed by atoms with Crippen LogP contribution < -0.4 is 9.80 Å². The van der Waals surface area contributed by atoms with E-state index < -0.39 is 0 Å². The molecule has 0 unspecified atom stereocenters. The molecule has 0 spiro atoms. The molecule has 1 aromatic heterocycles. The molecule has 2 aliphatic heterocycles. The third-order valence-corrected chi connectivity index (χ3v) is 7.30. The Hall–Kier alpha value is -3.14. The first-order valence-electron chi connectivity index (χ1n) is 11.5. The molecule has 2 aliphatic rings. The Bertz CT molecular complexity index is 1220. The number of carbonyl (C=O) groups excluding carboxylic acids is 3. The third kappa shape index (κ3) is 4.46. The molecule has 9 heteroatoms. The van der Waals surface area contributed by atoms with Crippen molar-refractivity contribution in [1.82, 2.24) is 9.88 Å². The number of amides is 3. The molecule has 0 atom stereocenters. The van der Waals surface area contributed by atoms with E-state index in [4.69, 9.17) is 9.72 Å². The van der Waals surface area contributed by atoms with Gasteiger partial charge in [-0.3, -0.25) is 29.1 Å². The third-order valence-electron chi connectivity index (χ3n) is 6.25. The van der Waals surface area contributed by atoms with E-state index in [1.165, 1.54) is 16.2 Å². The van der Waals surface area contributed by atoms with Crippen LogP contribution in [0.4, 0.5) is 10.8 Å². The summed E-state index contributed by atoms with van der Waals surface area (Å²) in [5, 5.41) is 0.663. The zero-order valence-corrected chi connectivity index (χ0v) is 19.8. The number of hydrogen-bond acceptors (Lipinski definition) is 7. The van der Waals surface area contributed by atoms with Crippen LogP contribution >= 0.6 is 11.3 Å². The quantitative estimate of drug-likeness (QED) is 0.506. The summed E-state index contributed by atoms with van der Waals surface area (Å²) in [6.45, 7) is 6.32. The molecule has 176 valence electrons. The number of hydrogen-bond donors (Lipinski definition) is 0. The van der Waals surface area contributed by atoms with Crippen molar-refractivity contribution >= 4 is 50.1 Å². The molecule has 2 fully saturated rings. The molecule has 0 aliphatic carbocycles. The molecule has 3 heterocycles. The second-order valence-corrected chi connectivity index (χ2v) is 9.51. The normalized spacial score (nSPS) is 17.0. The lowest BCUT2D eigenvalue weighted by atomic mass is 10.1. The Kier molecular flexibility index (Phi) is 6.40. The molecule has 3 amide bonds. The van der Waals surface area contributed by atoms with Gasteiger partial charge in [-0.15, -0.1) is 0 Å². The van der Waals surface area contributed by atoms with Gasteiger partial charge in [0.05, 0.1) is 29.1 Å². The van der Waals surface area contributed by atoms with Gasteiger partial charge in [-0.2, -0.15) is 0 Å². The minimum absolute atomic E-state index is 0.157. The van der Waals surface area contributed by atoms with Crippen LogP contribution in [0.3, 0.4) is 0 Å². The second-order valence-electron chi connectivity index (χ2n) is 8.50. The van der Waals surface area contributed by atoms with Gasteiger partial charge in [-0.1, -0.05) is 23.5 Å². The lowest BCUT2D eigenvalue weighted by molar-refractivity contribution is -0.121. The first kappa shape index (κ1) is 22.6. The minimum Gasteiger partial charge on any atom is -0.379 e. The van der Waals surface area contributed by atoms with Crippen LogP contribution in [-0.2, 0) is 14.3 Å². The predicted molar refractivity (Wildman–Crippen MR) is 131 cm³/mol. The smallest absolute Gasteiger partial charge is 0.260 e. The van der Waals surface area contributed by atoms with Gasteiger partial charge < -0.3 is 4.74 Å². The van der Waals surface area contributed by atoms with E-state index in [9.17, 15) is 14.4 Å². The summed E-state index contributed by atoms with van der Waals surface area (Å²) in [5.41, 5.74) is 2.97. The van der Waals surface area contributed by atoms with Crippen molar-refractivity contribution in [1.29, 1.82) is 0 Å². The van der Waals surface area contributed by atoms with E-state index in [1.54, 1.807) is 29.2 Å². The van der Waals surface area contributed by atoms with E-state index >= 15 is 0 Å². The second kappa shape index (κ2) is 9.61. The monoisotopic (exact) mass is 478 g/mol. The number of fused-ring (bicyclic) bond motifs is 1. The number of aromatic nitrogens is 1. The largest absolute Gasteiger partial charge is 0.379 e. The predicted octanol–water partition coefficient (Wildman–Crippen LogP) is 3.24. The van der Waals surface area contributed by atoms with Crippen molar-refractivity contribution in [3.63, 3.8) is 0 Å². The summed E-state index contributed by atoms with van der Waals surface area (Å²) in [6.07, 6.45) is 0.456. The zero-order valence-electron chi connectivity index (χ0n) is 19.0. The molecule has 34 heavy (non-hydrogen) atoms. The Morgan fingerprint density at radius 3 is 2.44 bits per heavy atom. The number of rotatable bonds is 6. The fraction of sp³-hybridized carbons (Fsp3) is 0.360. The maximum Gasteiger partial charge on any atom is 0.260 e. The Labute approximate surface area is 201 Å². The molecule has 5 rings (SSSR count). The molecule has 8 nitrogen and oxygen atoms in total. The molecule has 0 N–H and O–H groups in total. The van der Waals surface area contributed by atoms with Gasteiger partial charge in [0.2, 0.25) is 11.8 Å². The average molecular weight is 479 g/mol. The molecular weight excluding hydrogens is 452 g/mol. The van der Waals surface area contributed by atoms with Crippen LogP contribution in [0.5, 0.6) is 0 Å². The van der Waals surface area contributed by atoms with Crippen LogP contribution in [-0.4, -0.2) is 67.0 Å². The fourth-order valence-electron chi connectivity index (χ4n) is 4.31. The average Bonchev–Trinajstić information content (AvgIpc) is 3.43. The van der Waals surface area contributed by atoms with Gasteiger partial charge >= 0.3 is 0 Å². The van der Waals surface area contributed by atoms with Crippen molar-refractivity contribution < 1.29 is 19.1 Å². The topological polar surface area (TPSA) is 83.0 Å². The number of carbonyl (C=O) groups is 3. The highest BCUT2D eigenvalue weighted by Crippen LogP contribution is 2.32. The van der Waals surface area contributed by atoms with Crippen LogP contribution in [0.15, 0.2) is 42.5 Å². The van der Waals surface area contributed by atoms with E-state index in [0.717, 1.165) is 35.4 Å². The molecule has 0 radical (unpaired) electrons. The van der Waals surface area contributed by atoms with Crippen LogP contribution in [0.25, 0.3) is 10.2 Å². The number of benzene rings is 2. The van der Waals surface area contributed by atoms with Gasteiger partial charge in [0.1, 0.15) is 0 Å². The molecular formula is C25H26N4O4S. The van der Waals surface area contributed by atoms with Gasteiger partial charge in [0.15, 0.2) is 5.13 Å². The number of ether oxygens (including phenoxy) is 1. The Morgan fingerprint density at radius 2 is 1.76 bits per heavy atom. The highest BCUT2D eigenvalue weighted by atomic mass is 32.1. The van der Waals surface area contributed by atoms with Crippen molar-refractivity contribution in [3.8, 4) is 0 Å². The standard InChI is InChI=1S/C25H26N4O4S/c1-17-3-2-4-20-23(17)26-25(34-20)28(12-11-27-13-15-33-16-14-27)24(32)18-5-7-19(8-6-18)29-21(30)9-10-22(29)31/h2-8H,9-16H2,1H3. The summed E-state index contributed by atoms with van der Waals surface area (Å²) in [7, 11) is 0. The number of anilines is 2. The van der Waals surface area contributed by atoms with Crippen LogP contribution in [0.1, 0.15) is 28.8 Å². The number of aryl methyl sites for hydroxylation is 1. The highest BCUT2D eigenvalue weighted by molar-refractivity contribution is 7.22. The van der Waals surface area contributed by atoms with E-state index in [0.29, 0.717) is 36.1 Å². The maximum atomic E-state index is 13.6. The Morgan fingerprint density at radius 1 is 1.06 bits per heavy atom. The van der Waals surface area contributed by atoms with Crippen molar-refractivity contribution in [2.75, 3.05) is 49.2 Å². The number of imide groups is 1. The van der Waals surface area contributed by atoms with Crippen molar-refractivity contribution in [2.45, 2.75) is 19.8 Å². The van der Waals surface area contributed by atoms with E-state index in [-0.39, 0.29) is 30.6 Å². The first-order valence-corrected chi connectivity index (χ1v) is 12.3. The summed E-state index contributed by atoms with van der Waals surface area (Å²) >= 11 is 1.51. The SMILES string of the molecule is Cc1cccc2sc(N(CCN3CCOCC3)C(=O)c3ccc(N4C(=O)CCC4=O)cc3)nc12. The van der Waals surface area contributed by atoms with Crippen LogP contribution in [0, 0.1) is 6.92 Å². The molecule has 2 saturated heterocycles. The molecule has 0 saturated carbocycles. The van der Waals surface area contributed by atoms with Gasteiger partial charge in [-0.25, -0.2) is 4.98 Å². The van der Waals surface area contributed by atoms with Crippen LogP contribution in [0.2, 0.25) is 0 Å². The van der Waals surface area contributed by atoms with Crippen molar-refractivity contribution in [2.24, 2.45) is 0 Å².